The van der Waals surface area contributed by atoms with Crippen molar-refractivity contribution in [2.45, 2.75) is 20.0 Å². The van der Waals surface area contributed by atoms with Gasteiger partial charge in [0.1, 0.15) is 12.4 Å². The largest absolute Gasteiger partial charge is 0.487 e. The first-order chi connectivity index (χ1) is 7.78. The van der Waals surface area contributed by atoms with Gasteiger partial charge in [0.05, 0.1) is 5.69 Å². The lowest BCUT2D eigenvalue weighted by atomic mass is 10.2. The number of aromatic amines is 2. The van der Waals surface area contributed by atoms with Crippen LogP contribution in [0.3, 0.4) is 0 Å². The Labute approximate surface area is 93.3 Å². The maximum atomic E-state index is 10.9. The molecule has 0 aliphatic carbocycles. The van der Waals surface area contributed by atoms with E-state index in [1.54, 1.807) is 0 Å². The second-order valence-corrected chi connectivity index (χ2v) is 3.57. The molecule has 2 rings (SSSR count). The molecule has 1 aromatic heterocycles. The van der Waals surface area contributed by atoms with Gasteiger partial charge in [-0.05, 0) is 24.1 Å². The first kappa shape index (κ1) is 10.5. The number of benzene rings is 1. The zero-order valence-electron chi connectivity index (χ0n) is 9.12. The standard InChI is InChI=1S/C12H14N2O2/c1-2-9-4-3-5-11(6-9)16-8-10-7-12(15)14-13-10/h3-7H,2,8H2,1H3,(H2,13,14,15). The van der Waals surface area contributed by atoms with Crippen LogP contribution in [0.4, 0.5) is 0 Å². The van der Waals surface area contributed by atoms with Crippen molar-refractivity contribution in [1.29, 1.82) is 0 Å². The Morgan fingerprint density at radius 1 is 1.25 bits per heavy atom. The van der Waals surface area contributed by atoms with Gasteiger partial charge in [-0.3, -0.25) is 15.0 Å². The van der Waals surface area contributed by atoms with Crippen LogP contribution in [-0.4, -0.2) is 10.2 Å². The molecule has 0 spiro atoms. The van der Waals surface area contributed by atoms with E-state index >= 15 is 0 Å². The van der Waals surface area contributed by atoms with Gasteiger partial charge in [0, 0.05) is 6.07 Å². The minimum atomic E-state index is -0.138. The van der Waals surface area contributed by atoms with Crippen LogP contribution in [0.5, 0.6) is 5.75 Å². The predicted octanol–water partition coefficient (Wildman–Crippen LogP) is 1.84. The maximum Gasteiger partial charge on any atom is 0.264 e. The fourth-order valence-electron chi connectivity index (χ4n) is 1.47. The molecule has 1 aromatic carbocycles. The molecule has 2 aromatic rings. The molecule has 0 unspecified atom stereocenters. The summed E-state index contributed by atoms with van der Waals surface area (Å²) in [7, 11) is 0. The molecule has 0 amide bonds. The molecule has 0 bridgehead atoms. The molecule has 0 saturated heterocycles. The topological polar surface area (TPSA) is 57.9 Å². The maximum absolute atomic E-state index is 10.9. The lowest BCUT2D eigenvalue weighted by Crippen LogP contribution is -1.96. The number of hydrogen-bond acceptors (Lipinski definition) is 2. The Balaban J connectivity index is 2.01. The lowest BCUT2D eigenvalue weighted by Gasteiger charge is -2.05. The molecule has 84 valence electrons. The van der Waals surface area contributed by atoms with Gasteiger partial charge in [0.2, 0.25) is 0 Å². The molecule has 0 radical (unpaired) electrons. The average Bonchev–Trinajstić information content (AvgIpc) is 2.73. The van der Waals surface area contributed by atoms with E-state index < -0.39 is 0 Å². The van der Waals surface area contributed by atoms with E-state index in [1.807, 2.05) is 18.2 Å². The number of aryl methyl sites for hydroxylation is 1. The van der Waals surface area contributed by atoms with Gasteiger partial charge in [-0.15, -0.1) is 0 Å². The minimum absolute atomic E-state index is 0.138. The first-order valence-corrected chi connectivity index (χ1v) is 5.26. The summed E-state index contributed by atoms with van der Waals surface area (Å²) in [6, 6.07) is 9.43. The van der Waals surface area contributed by atoms with Crippen molar-refractivity contribution in [2.75, 3.05) is 0 Å². The van der Waals surface area contributed by atoms with Gasteiger partial charge in [-0.1, -0.05) is 19.1 Å². The highest BCUT2D eigenvalue weighted by atomic mass is 16.5. The number of H-pyrrole nitrogens is 2. The van der Waals surface area contributed by atoms with E-state index in [9.17, 15) is 4.79 Å². The molecule has 4 nitrogen and oxygen atoms in total. The zero-order chi connectivity index (χ0) is 11.4. The highest BCUT2D eigenvalue weighted by Gasteiger charge is 1.99. The highest BCUT2D eigenvalue weighted by molar-refractivity contribution is 5.28. The average molecular weight is 218 g/mol. The quantitative estimate of drug-likeness (QED) is 0.822. The normalized spacial score (nSPS) is 10.3. The lowest BCUT2D eigenvalue weighted by molar-refractivity contribution is 0.301. The fraction of sp³-hybridized carbons (Fsp3) is 0.250. The Morgan fingerprint density at radius 2 is 2.12 bits per heavy atom. The van der Waals surface area contributed by atoms with Crippen LogP contribution in [0.2, 0.25) is 0 Å². The van der Waals surface area contributed by atoms with Crippen molar-refractivity contribution < 1.29 is 4.74 Å². The third kappa shape index (κ3) is 2.53. The molecule has 4 heteroatoms. The van der Waals surface area contributed by atoms with Crippen LogP contribution >= 0.6 is 0 Å². The van der Waals surface area contributed by atoms with Gasteiger partial charge in [-0.25, -0.2) is 0 Å². The highest BCUT2D eigenvalue weighted by Crippen LogP contribution is 2.14. The second kappa shape index (κ2) is 4.70. The van der Waals surface area contributed by atoms with Gasteiger partial charge in [0.15, 0.2) is 0 Å². The van der Waals surface area contributed by atoms with Crippen LogP contribution in [0.25, 0.3) is 0 Å². The molecular formula is C12H14N2O2. The zero-order valence-corrected chi connectivity index (χ0v) is 9.12. The van der Waals surface area contributed by atoms with E-state index in [0.717, 1.165) is 17.9 Å². The smallest absolute Gasteiger partial charge is 0.264 e. The monoisotopic (exact) mass is 218 g/mol. The van der Waals surface area contributed by atoms with Crippen molar-refractivity contribution in [3.05, 3.63) is 51.9 Å². The molecule has 2 N–H and O–H groups in total. The van der Waals surface area contributed by atoms with Crippen molar-refractivity contribution in [2.24, 2.45) is 0 Å². The Kier molecular flexibility index (Phi) is 3.10. The fourth-order valence-corrected chi connectivity index (χ4v) is 1.47. The van der Waals surface area contributed by atoms with Crippen molar-refractivity contribution in [3.8, 4) is 5.75 Å². The van der Waals surface area contributed by atoms with Crippen molar-refractivity contribution >= 4 is 0 Å². The molecular weight excluding hydrogens is 204 g/mol. The van der Waals surface area contributed by atoms with E-state index in [4.69, 9.17) is 4.74 Å². The third-order valence-corrected chi connectivity index (χ3v) is 2.35. The Hall–Kier alpha value is -1.97. The van der Waals surface area contributed by atoms with E-state index in [-0.39, 0.29) is 5.56 Å². The summed E-state index contributed by atoms with van der Waals surface area (Å²) >= 11 is 0. The van der Waals surface area contributed by atoms with Crippen LogP contribution in [-0.2, 0) is 13.0 Å². The third-order valence-electron chi connectivity index (χ3n) is 2.35. The molecule has 16 heavy (non-hydrogen) atoms. The van der Waals surface area contributed by atoms with Gasteiger partial charge >= 0.3 is 0 Å². The summed E-state index contributed by atoms with van der Waals surface area (Å²) < 4.78 is 5.56. The number of ether oxygens (including phenoxy) is 1. The van der Waals surface area contributed by atoms with Gasteiger partial charge < -0.3 is 4.74 Å². The van der Waals surface area contributed by atoms with Gasteiger partial charge in [-0.2, -0.15) is 0 Å². The summed E-state index contributed by atoms with van der Waals surface area (Å²) in [6.07, 6.45) is 0.984. The van der Waals surface area contributed by atoms with Crippen LogP contribution < -0.4 is 10.3 Å². The van der Waals surface area contributed by atoms with E-state index in [1.165, 1.54) is 11.6 Å². The summed E-state index contributed by atoms with van der Waals surface area (Å²) in [5, 5.41) is 5.21. The van der Waals surface area contributed by atoms with E-state index in [2.05, 4.69) is 23.2 Å². The van der Waals surface area contributed by atoms with Crippen LogP contribution in [0.15, 0.2) is 35.1 Å². The molecule has 0 saturated carbocycles. The van der Waals surface area contributed by atoms with Crippen LogP contribution in [0.1, 0.15) is 18.2 Å². The SMILES string of the molecule is CCc1cccc(OCc2cc(=O)[nH][nH]2)c1. The summed E-state index contributed by atoms with van der Waals surface area (Å²) in [5.74, 6) is 0.821. The number of nitrogens with one attached hydrogen (secondary N) is 2. The Morgan fingerprint density at radius 3 is 2.81 bits per heavy atom. The van der Waals surface area contributed by atoms with Gasteiger partial charge in [0.25, 0.3) is 5.56 Å². The summed E-state index contributed by atoms with van der Waals surface area (Å²) in [5.41, 5.74) is 1.84. The minimum Gasteiger partial charge on any atom is -0.487 e. The summed E-state index contributed by atoms with van der Waals surface area (Å²) in [6.45, 7) is 2.47. The van der Waals surface area contributed by atoms with Crippen molar-refractivity contribution in [1.82, 2.24) is 10.2 Å². The summed E-state index contributed by atoms with van der Waals surface area (Å²) in [4.78, 5) is 10.9. The van der Waals surface area contributed by atoms with Crippen LogP contribution in [0, 0.1) is 0 Å². The molecule has 0 aliphatic rings. The number of aromatic nitrogens is 2. The molecule has 1 heterocycles. The first-order valence-electron chi connectivity index (χ1n) is 5.26. The van der Waals surface area contributed by atoms with Crippen molar-refractivity contribution in [3.63, 3.8) is 0 Å². The second-order valence-electron chi connectivity index (χ2n) is 3.57. The molecule has 0 fully saturated rings. The molecule has 0 aliphatic heterocycles. The predicted molar refractivity (Wildman–Crippen MR) is 61.6 cm³/mol. The Bertz CT molecular complexity index is 513. The number of rotatable bonds is 4. The molecule has 0 atom stereocenters. The van der Waals surface area contributed by atoms with E-state index in [0.29, 0.717) is 6.61 Å². The number of hydrogen-bond donors (Lipinski definition) is 2.